The van der Waals surface area contributed by atoms with Crippen LogP contribution in [0.3, 0.4) is 0 Å². The molecule has 0 radical (unpaired) electrons. The number of nitrogens with zero attached hydrogens (tertiary/aromatic N) is 1. The number of esters is 1. The van der Waals surface area contributed by atoms with Gasteiger partial charge in [0.25, 0.3) is 0 Å². The van der Waals surface area contributed by atoms with Crippen molar-refractivity contribution >= 4 is 28.6 Å². The number of hydrogen-bond acceptors (Lipinski definition) is 4. The van der Waals surface area contributed by atoms with E-state index in [0.29, 0.717) is 6.07 Å². The number of rotatable bonds is 3. The number of pyridine rings is 1. The molecule has 11 heteroatoms. The first-order valence-corrected chi connectivity index (χ1v) is 6.11. The molecular formula is C10H6F6INO3. The van der Waals surface area contributed by atoms with Crippen molar-refractivity contribution in [1.29, 1.82) is 0 Å². The number of aromatic nitrogens is 1. The minimum atomic E-state index is -5.21. The molecule has 4 nitrogen and oxygen atoms in total. The average Bonchev–Trinajstić information content (AvgIpc) is 2.30. The summed E-state index contributed by atoms with van der Waals surface area (Å²) in [7, 11) is 0.994. The lowest BCUT2D eigenvalue weighted by Gasteiger charge is -2.15. The number of halogens is 7. The second-order valence-electron chi connectivity index (χ2n) is 3.58. The van der Waals surface area contributed by atoms with E-state index in [0.717, 1.165) is 7.11 Å². The number of hydrogen-bond donors (Lipinski definition) is 0. The van der Waals surface area contributed by atoms with Crippen molar-refractivity contribution in [3.8, 4) is 5.88 Å². The molecule has 0 aliphatic rings. The van der Waals surface area contributed by atoms with Crippen molar-refractivity contribution in [2.75, 3.05) is 7.11 Å². The molecule has 0 aliphatic carbocycles. The smallest absolute Gasteiger partial charge is 0.469 e. The maximum atomic E-state index is 12.6. The lowest BCUT2D eigenvalue weighted by molar-refractivity contribution is -0.276. The average molecular weight is 429 g/mol. The van der Waals surface area contributed by atoms with Crippen molar-refractivity contribution < 1.29 is 40.6 Å². The van der Waals surface area contributed by atoms with Crippen LogP contribution in [0, 0.1) is 3.57 Å². The first-order chi connectivity index (χ1) is 9.44. The van der Waals surface area contributed by atoms with E-state index in [1.807, 2.05) is 0 Å². The van der Waals surface area contributed by atoms with Gasteiger partial charge >= 0.3 is 18.5 Å². The molecule has 0 aliphatic heterocycles. The van der Waals surface area contributed by atoms with Gasteiger partial charge in [0.05, 0.1) is 17.1 Å². The minimum absolute atomic E-state index is 0.330. The summed E-state index contributed by atoms with van der Waals surface area (Å²) in [5.41, 5.74) is -1.93. The van der Waals surface area contributed by atoms with Crippen LogP contribution in [0.4, 0.5) is 26.3 Å². The molecule has 0 amide bonds. The SMILES string of the molecule is COC(=O)Cc1cc(C(F)(F)F)nc(OC(F)(F)F)c1I. The Morgan fingerprint density at radius 3 is 2.29 bits per heavy atom. The van der Waals surface area contributed by atoms with Crippen LogP contribution in [0.1, 0.15) is 11.3 Å². The zero-order valence-electron chi connectivity index (χ0n) is 10.1. The van der Waals surface area contributed by atoms with Crippen molar-refractivity contribution in [2.24, 2.45) is 0 Å². The van der Waals surface area contributed by atoms with Gasteiger partial charge in [0, 0.05) is 0 Å². The fraction of sp³-hybridized carbons (Fsp3) is 0.400. The molecule has 1 aromatic rings. The summed E-state index contributed by atoms with van der Waals surface area (Å²) in [5.74, 6) is -2.18. The van der Waals surface area contributed by atoms with Gasteiger partial charge in [0.2, 0.25) is 5.88 Å². The van der Waals surface area contributed by atoms with Crippen LogP contribution >= 0.6 is 22.6 Å². The van der Waals surface area contributed by atoms with Gasteiger partial charge in [-0.05, 0) is 34.2 Å². The summed E-state index contributed by atoms with van der Waals surface area (Å²) in [6.45, 7) is 0. The predicted octanol–water partition coefficient (Wildman–Crippen LogP) is 3.32. The molecule has 1 aromatic heterocycles. The van der Waals surface area contributed by atoms with E-state index in [-0.39, 0.29) is 9.13 Å². The molecule has 0 saturated carbocycles. The number of alkyl halides is 6. The Kier molecular flexibility index (Phi) is 5.28. The predicted molar refractivity (Wildman–Crippen MR) is 64.4 cm³/mol. The molecule has 0 N–H and O–H groups in total. The number of carbonyl (C=O) groups excluding carboxylic acids is 1. The highest BCUT2D eigenvalue weighted by molar-refractivity contribution is 14.1. The Labute approximate surface area is 127 Å². The molecule has 0 spiro atoms. The van der Waals surface area contributed by atoms with E-state index >= 15 is 0 Å². The summed E-state index contributed by atoms with van der Waals surface area (Å²) in [6, 6.07) is 0.474. The van der Waals surface area contributed by atoms with Crippen LogP contribution in [-0.4, -0.2) is 24.4 Å². The summed E-state index contributed by atoms with van der Waals surface area (Å²) in [5, 5.41) is 0. The molecule has 0 aromatic carbocycles. The lowest BCUT2D eigenvalue weighted by Crippen LogP contribution is -2.21. The third kappa shape index (κ3) is 5.21. The van der Waals surface area contributed by atoms with Gasteiger partial charge in [0.1, 0.15) is 5.69 Å². The fourth-order valence-corrected chi connectivity index (χ4v) is 1.81. The third-order valence-electron chi connectivity index (χ3n) is 2.07. The summed E-state index contributed by atoms with van der Waals surface area (Å²) in [4.78, 5) is 13.9. The first kappa shape index (κ1) is 17.8. The lowest BCUT2D eigenvalue weighted by atomic mass is 10.1. The molecule has 21 heavy (non-hydrogen) atoms. The Bertz CT molecular complexity index is 543. The Morgan fingerprint density at radius 2 is 1.86 bits per heavy atom. The molecule has 0 atom stereocenters. The summed E-state index contributed by atoms with van der Waals surface area (Å²) >= 11 is 1.31. The van der Waals surface area contributed by atoms with Crippen LogP contribution in [-0.2, 0) is 22.1 Å². The largest absolute Gasteiger partial charge is 0.574 e. The second-order valence-corrected chi connectivity index (χ2v) is 4.66. The number of methoxy groups -OCH3 is 1. The maximum Gasteiger partial charge on any atom is 0.574 e. The maximum absolute atomic E-state index is 12.6. The normalized spacial score (nSPS) is 12.2. The van der Waals surface area contributed by atoms with Crippen molar-refractivity contribution in [3.05, 3.63) is 20.9 Å². The molecule has 0 fully saturated rings. The highest BCUT2D eigenvalue weighted by atomic mass is 127. The van der Waals surface area contributed by atoms with Crippen LogP contribution in [0.25, 0.3) is 0 Å². The topological polar surface area (TPSA) is 48.4 Å². The third-order valence-corrected chi connectivity index (χ3v) is 3.22. The Morgan fingerprint density at radius 1 is 1.29 bits per heavy atom. The van der Waals surface area contributed by atoms with Crippen LogP contribution in [0.2, 0.25) is 0 Å². The highest BCUT2D eigenvalue weighted by Crippen LogP contribution is 2.35. The van der Waals surface area contributed by atoms with Crippen LogP contribution < -0.4 is 4.74 Å². The van der Waals surface area contributed by atoms with E-state index in [1.54, 1.807) is 0 Å². The monoisotopic (exact) mass is 429 g/mol. The highest BCUT2D eigenvalue weighted by Gasteiger charge is 2.38. The Balaban J connectivity index is 3.35. The van der Waals surface area contributed by atoms with Gasteiger partial charge in [-0.2, -0.15) is 13.2 Å². The van der Waals surface area contributed by atoms with E-state index in [4.69, 9.17) is 0 Å². The number of ether oxygens (including phenoxy) is 2. The summed E-state index contributed by atoms with van der Waals surface area (Å²) < 4.78 is 81.7. The van der Waals surface area contributed by atoms with Crippen LogP contribution in [0.5, 0.6) is 5.88 Å². The van der Waals surface area contributed by atoms with Gasteiger partial charge in [-0.15, -0.1) is 13.2 Å². The number of carbonyl (C=O) groups is 1. The standard InChI is InChI=1S/C10H6F6INO3/c1-20-6(19)3-4-2-5(9(11,12)13)18-8(7(4)17)21-10(14,15)16/h2H,3H2,1H3. The van der Waals surface area contributed by atoms with Crippen LogP contribution in [0.15, 0.2) is 6.07 Å². The van der Waals surface area contributed by atoms with Gasteiger partial charge in [0.15, 0.2) is 0 Å². The van der Waals surface area contributed by atoms with Gasteiger partial charge in [-0.3, -0.25) is 4.79 Å². The zero-order chi connectivity index (χ0) is 16.4. The molecule has 0 bridgehead atoms. The Hall–Kier alpha value is -1.27. The zero-order valence-corrected chi connectivity index (χ0v) is 12.3. The molecule has 0 saturated heterocycles. The molecule has 1 heterocycles. The van der Waals surface area contributed by atoms with E-state index in [1.165, 1.54) is 22.6 Å². The fourth-order valence-electron chi connectivity index (χ4n) is 1.24. The molecular weight excluding hydrogens is 423 g/mol. The molecule has 1 rings (SSSR count). The summed E-state index contributed by atoms with van der Waals surface area (Å²) in [6.07, 6.45) is -10.8. The minimum Gasteiger partial charge on any atom is -0.469 e. The van der Waals surface area contributed by atoms with E-state index in [9.17, 15) is 31.1 Å². The van der Waals surface area contributed by atoms with Gasteiger partial charge < -0.3 is 9.47 Å². The van der Waals surface area contributed by atoms with Crippen molar-refractivity contribution in [3.63, 3.8) is 0 Å². The van der Waals surface area contributed by atoms with Gasteiger partial charge in [-0.25, -0.2) is 4.98 Å². The first-order valence-electron chi connectivity index (χ1n) is 5.03. The van der Waals surface area contributed by atoms with Crippen molar-refractivity contribution in [1.82, 2.24) is 4.98 Å². The van der Waals surface area contributed by atoms with E-state index in [2.05, 4.69) is 14.5 Å². The quantitative estimate of drug-likeness (QED) is 0.421. The van der Waals surface area contributed by atoms with Gasteiger partial charge in [-0.1, -0.05) is 0 Å². The molecule has 118 valence electrons. The second kappa shape index (κ2) is 6.23. The van der Waals surface area contributed by atoms with E-state index < -0.39 is 36.5 Å². The van der Waals surface area contributed by atoms with Crippen molar-refractivity contribution in [2.45, 2.75) is 19.0 Å². The molecule has 0 unspecified atom stereocenters.